The summed E-state index contributed by atoms with van der Waals surface area (Å²) in [6.07, 6.45) is 4.57. The van der Waals surface area contributed by atoms with Gasteiger partial charge in [-0.1, -0.05) is 6.92 Å². The van der Waals surface area contributed by atoms with Crippen molar-refractivity contribution in [1.82, 2.24) is 35.1 Å². The molecule has 1 fully saturated rings. The number of rotatable bonds is 5. The van der Waals surface area contributed by atoms with Gasteiger partial charge in [-0.25, -0.2) is 14.6 Å². The SMILES string of the molecule is CCC(C)(C)n1nnnc1CN1CCN(c2ncccn2)CC1. The Bertz CT molecular complexity index is 615. The van der Waals surface area contributed by atoms with E-state index in [1.54, 1.807) is 12.4 Å². The second kappa shape index (κ2) is 6.57. The highest BCUT2D eigenvalue weighted by Crippen LogP contribution is 2.20. The van der Waals surface area contributed by atoms with Crippen LogP contribution in [-0.4, -0.2) is 61.3 Å². The average Bonchev–Trinajstić information content (AvgIpc) is 3.05. The van der Waals surface area contributed by atoms with Crippen LogP contribution >= 0.6 is 0 Å². The van der Waals surface area contributed by atoms with Crippen LogP contribution in [0.3, 0.4) is 0 Å². The highest BCUT2D eigenvalue weighted by Gasteiger charge is 2.26. The van der Waals surface area contributed by atoms with E-state index in [0.717, 1.165) is 50.9 Å². The van der Waals surface area contributed by atoms with Crippen LogP contribution in [0.2, 0.25) is 0 Å². The van der Waals surface area contributed by atoms with Gasteiger partial charge in [-0.2, -0.15) is 0 Å². The standard InChI is InChI=1S/C15H24N8/c1-4-15(2,3)23-13(18-19-20-23)12-21-8-10-22(11-9-21)14-16-6-5-7-17-14/h5-7H,4,8-12H2,1-3H3. The predicted molar refractivity (Wildman–Crippen MR) is 87.0 cm³/mol. The van der Waals surface area contributed by atoms with Crippen molar-refractivity contribution in [3.63, 3.8) is 0 Å². The number of hydrogen-bond donors (Lipinski definition) is 0. The molecule has 1 aliphatic rings. The molecule has 1 saturated heterocycles. The van der Waals surface area contributed by atoms with Gasteiger partial charge in [0, 0.05) is 38.6 Å². The van der Waals surface area contributed by atoms with E-state index in [1.165, 1.54) is 0 Å². The molecule has 3 heterocycles. The van der Waals surface area contributed by atoms with Crippen molar-refractivity contribution in [1.29, 1.82) is 0 Å². The quantitative estimate of drug-likeness (QED) is 0.812. The van der Waals surface area contributed by atoms with Gasteiger partial charge >= 0.3 is 0 Å². The third kappa shape index (κ3) is 3.47. The molecule has 23 heavy (non-hydrogen) atoms. The summed E-state index contributed by atoms with van der Waals surface area (Å²) >= 11 is 0. The molecule has 0 spiro atoms. The van der Waals surface area contributed by atoms with E-state index in [4.69, 9.17) is 0 Å². The number of hydrogen-bond acceptors (Lipinski definition) is 7. The van der Waals surface area contributed by atoms with Crippen molar-refractivity contribution in [3.8, 4) is 0 Å². The van der Waals surface area contributed by atoms with Gasteiger partial charge in [0.25, 0.3) is 0 Å². The summed E-state index contributed by atoms with van der Waals surface area (Å²) < 4.78 is 1.96. The van der Waals surface area contributed by atoms with Crippen molar-refractivity contribution in [2.75, 3.05) is 31.1 Å². The molecule has 124 valence electrons. The van der Waals surface area contributed by atoms with Crippen molar-refractivity contribution >= 4 is 5.95 Å². The highest BCUT2D eigenvalue weighted by molar-refractivity contribution is 5.29. The fraction of sp³-hybridized carbons (Fsp3) is 0.667. The lowest BCUT2D eigenvalue weighted by Gasteiger charge is -2.34. The fourth-order valence-electron chi connectivity index (χ4n) is 2.68. The number of anilines is 1. The molecule has 2 aromatic heterocycles. The molecule has 1 aliphatic heterocycles. The van der Waals surface area contributed by atoms with Gasteiger partial charge in [0.1, 0.15) is 0 Å². The molecule has 0 amide bonds. The summed E-state index contributed by atoms with van der Waals surface area (Å²) in [5.41, 5.74) is -0.0570. The maximum absolute atomic E-state index is 4.32. The first-order valence-corrected chi connectivity index (χ1v) is 8.12. The van der Waals surface area contributed by atoms with Gasteiger partial charge in [0.05, 0.1) is 12.1 Å². The first kappa shape index (κ1) is 15.8. The zero-order chi connectivity index (χ0) is 16.3. The molecule has 0 bridgehead atoms. The van der Waals surface area contributed by atoms with E-state index >= 15 is 0 Å². The zero-order valence-electron chi connectivity index (χ0n) is 14.1. The van der Waals surface area contributed by atoms with E-state index in [0.29, 0.717) is 0 Å². The molecule has 0 saturated carbocycles. The van der Waals surface area contributed by atoms with Crippen molar-refractivity contribution < 1.29 is 0 Å². The Balaban J connectivity index is 1.61. The summed E-state index contributed by atoms with van der Waals surface area (Å²) in [5.74, 6) is 1.74. The van der Waals surface area contributed by atoms with Crippen molar-refractivity contribution in [3.05, 3.63) is 24.3 Å². The minimum Gasteiger partial charge on any atom is -0.338 e. The Morgan fingerprint density at radius 2 is 1.78 bits per heavy atom. The van der Waals surface area contributed by atoms with Gasteiger partial charge in [-0.05, 0) is 36.8 Å². The minimum absolute atomic E-state index is 0.0570. The maximum Gasteiger partial charge on any atom is 0.225 e. The van der Waals surface area contributed by atoms with Crippen LogP contribution in [0.25, 0.3) is 0 Å². The molecule has 0 N–H and O–H groups in total. The first-order valence-electron chi connectivity index (χ1n) is 8.12. The largest absolute Gasteiger partial charge is 0.338 e. The van der Waals surface area contributed by atoms with Gasteiger partial charge < -0.3 is 4.90 Å². The van der Waals surface area contributed by atoms with Gasteiger partial charge in [-0.15, -0.1) is 5.10 Å². The monoisotopic (exact) mass is 316 g/mol. The Morgan fingerprint density at radius 1 is 1.09 bits per heavy atom. The fourth-order valence-corrected chi connectivity index (χ4v) is 2.68. The van der Waals surface area contributed by atoms with E-state index in [1.807, 2.05) is 10.7 Å². The lowest BCUT2D eigenvalue weighted by atomic mass is 10.0. The van der Waals surface area contributed by atoms with Crippen LogP contribution in [0.1, 0.15) is 33.0 Å². The van der Waals surface area contributed by atoms with E-state index in [-0.39, 0.29) is 5.54 Å². The molecule has 0 unspecified atom stereocenters. The summed E-state index contributed by atoms with van der Waals surface area (Å²) in [6.45, 7) is 11.0. The second-order valence-corrected chi connectivity index (χ2v) is 6.48. The zero-order valence-corrected chi connectivity index (χ0v) is 14.1. The lowest BCUT2D eigenvalue weighted by molar-refractivity contribution is 0.220. The van der Waals surface area contributed by atoms with Crippen LogP contribution in [0.15, 0.2) is 18.5 Å². The average molecular weight is 316 g/mol. The molecule has 8 nitrogen and oxygen atoms in total. The molecule has 0 radical (unpaired) electrons. The minimum atomic E-state index is -0.0570. The smallest absolute Gasteiger partial charge is 0.225 e. The first-order chi connectivity index (χ1) is 11.1. The number of piperazine rings is 1. The van der Waals surface area contributed by atoms with E-state index in [9.17, 15) is 0 Å². The number of nitrogens with zero attached hydrogens (tertiary/aromatic N) is 8. The molecule has 2 aromatic rings. The molecule has 0 atom stereocenters. The van der Waals surface area contributed by atoms with Crippen LogP contribution in [0.5, 0.6) is 0 Å². The summed E-state index contributed by atoms with van der Waals surface area (Å²) in [5, 5.41) is 12.3. The third-order valence-corrected chi connectivity index (χ3v) is 4.54. The summed E-state index contributed by atoms with van der Waals surface area (Å²) in [7, 11) is 0. The van der Waals surface area contributed by atoms with Gasteiger partial charge in [-0.3, -0.25) is 4.90 Å². The van der Waals surface area contributed by atoms with Crippen molar-refractivity contribution in [2.45, 2.75) is 39.3 Å². The number of aromatic nitrogens is 6. The Kier molecular flexibility index (Phi) is 4.51. The molecule has 3 rings (SSSR count). The lowest BCUT2D eigenvalue weighted by Crippen LogP contribution is -2.47. The van der Waals surface area contributed by atoms with Crippen molar-refractivity contribution in [2.24, 2.45) is 0 Å². The Labute approximate surface area is 136 Å². The Hall–Kier alpha value is -2.09. The van der Waals surface area contributed by atoms with Crippen LogP contribution in [0, 0.1) is 0 Å². The topological polar surface area (TPSA) is 75.9 Å². The Morgan fingerprint density at radius 3 is 2.43 bits per heavy atom. The normalized spacial score (nSPS) is 16.7. The molecule has 0 aliphatic carbocycles. The van der Waals surface area contributed by atoms with Crippen LogP contribution in [-0.2, 0) is 12.1 Å². The van der Waals surface area contributed by atoms with E-state index in [2.05, 4.69) is 56.1 Å². The summed E-state index contributed by atoms with van der Waals surface area (Å²) in [4.78, 5) is 13.2. The molecule has 8 heteroatoms. The van der Waals surface area contributed by atoms with E-state index < -0.39 is 0 Å². The molecular weight excluding hydrogens is 292 g/mol. The molecule has 0 aromatic carbocycles. The third-order valence-electron chi connectivity index (χ3n) is 4.54. The predicted octanol–water partition coefficient (Wildman–Crippen LogP) is 0.930. The highest BCUT2D eigenvalue weighted by atomic mass is 15.6. The van der Waals surface area contributed by atoms with Crippen LogP contribution in [0.4, 0.5) is 5.95 Å². The maximum atomic E-state index is 4.32. The second-order valence-electron chi connectivity index (χ2n) is 6.48. The van der Waals surface area contributed by atoms with Crippen LogP contribution < -0.4 is 4.90 Å². The van der Waals surface area contributed by atoms with Gasteiger partial charge in [0.15, 0.2) is 5.82 Å². The van der Waals surface area contributed by atoms with Gasteiger partial charge in [0.2, 0.25) is 5.95 Å². The molecular formula is C15H24N8. The summed E-state index contributed by atoms with van der Waals surface area (Å²) in [6, 6.07) is 1.84. The number of tetrazole rings is 1.